The number of carbonyl (C=O) groups is 1. The number of nitrogens with zero attached hydrogens (tertiary/aromatic N) is 2. The van der Waals surface area contributed by atoms with Crippen LogP contribution in [0.15, 0.2) is 42.7 Å². The first kappa shape index (κ1) is 14.8. The molecule has 0 saturated heterocycles. The highest BCUT2D eigenvalue weighted by atomic mass is 16.1. The van der Waals surface area contributed by atoms with Gasteiger partial charge in [0.25, 0.3) is 5.91 Å². The standard InChI is InChI=1S/C16H18N4O/c1-13(12-20-10-4-9-18-20)19-16(21)15-7-2-5-14(11-15)6-3-8-17/h2,4-5,7,9-11,13H,8,12,17H2,1H3,(H,19,21). The summed E-state index contributed by atoms with van der Waals surface area (Å²) in [7, 11) is 0. The zero-order valence-corrected chi connectivity index (χ0v) is 11.9. The SMILES string of the molecule is CC(Cn1cccn1)NC(=O)c1cccc(C#CCN)c1. The molecule has 2 rings (SSSR count). The first-order chi connectivity index (χ1) is 10.2. The Morgan fingerprint density at radius 3 is 3.05 bits per heavy atom. The predicted octanol–water partition coefficient (Wildman–Crippen LogP) is 1.01. The minimum absolute atomic E-state index is 0.0174. The largest absolute Gasteiger partial charge is 0.348 e. The molecule has 0 radical (unpaired) electrons. The van der Waals surface area contributed by atoms with Crippen LogP contribution in [0.25, 0.3) is 0 Å². The Kier molecular flexibility index (Phi) is 5.13. The number of hydrogen-bond acceptors (Lipinski definition) is 3. The lowest BCUT2D eigenvalue weighted by molar-refractivity contribution is 0.0936. The van der Waals surface area contributed by atoms with Crippen molar-refractivity contribution in [2.45, 2.75) is 19.5 Å². The molecule has 0 aliphatic heterocycles. The number of aromatic nitrogens is 2. The van der Waals surface area contributed by atoms with Crippen molar-refractivity contribution in [3.05, 3.63) is 53.9 Å². The van der Waals surface area contributed by atoms with Gasteiger partial charge in [0.15, 0.2) is 0 Å². The van der Waals surface area contributed by atoms with E-state index in [0.29, 0.717) is 18.7 Å². The molecule has 0 bridgehead atoms. The molecule has 5 heteroatoms. The van der Waals surface area contributed by atoms with Gasteiger partial charge in [0.2, 0.25) is 0 Å². The van der Waals surface area contributed by atoms with Gasteiger partial charge in [-0.05, 0) is 31.2 Å². The van der Waals surface area contributed by atoms with Crippen LogP contribution in [0.2, 0.25) is 0 Å². The molecule has 1 atom stereocenters. The maximum Gasteiger partial charge on any atom is 0.251 e. The van der Waals surface area contributed by atoms with Gasteiger partial charge in [-0.1, -0.05) is 17.9 Å². The van der Waals surface area contributed by atoms with Crippen LogP contribution in [-0.4, -0.2) is 28.3 Å². The smallest absolute Gasteiger partial charge is 0.251 e. The lowest BCUT2D eigenvalue weighted by Crippen LogP contribution is -2.35. The number of benzene rings is 1. The summed E-state index contributed by atoms with van der Waals surface area (Å²) in [6.07, 6.45) is 3.58. The van der Waals surface area contributed by atoms with E-state index in [4.69, 9.17) is 5.73 Å². The predicted molar refractivity (Wildman–Crippen MR) is 81.5 cm³/mol. The van der Waals surface area contributed by atoms with Crippen LogP contribution >= 0.6 is 0 Å². The van der Waals surface area contributed by atoms with Gasteiger partial charge in [-0.25, -0.2) is 0 Å². The summed E-state index contributed by atoms with van der Waals surface area (Å²) in [5.74, 6) is 5.58. The molecular formula is C16H18N4O. The normalized spacial score (nSPS) is 11.3. The summed E-state index contributed by atoms with van der Waals surface area (Å²) in [6.45, 7) is 2.88. The monoisotopic (exact) mass is 282 g/mol. The van der Waals surface area contributed by atoms with E-state index >= 15 is 0 Å². The third kappa shape index (κ3) is 4.48. The van der Waals surface area contributed by atoms with Gasteiger partial charge in [0.05, 0.1) is 13.1 Å². The third-order valence-corrected chi connectivity index (χ3v) is 2.86. The third-order valence-electron chi connectivity index (χ3n) is 2.86. The number of nitrogens with one attached hydrogen (secondary N) is 1. The first-order valence-electron chi connectivity index (χ1n) is 6.76. The zero-order valence-electron chi connectivity index (χ0n) is 11.9. The lowest BCUT2D eigenvalue weighted by atomic mass is 10.1. The van der Waals surface area contributed by atoms with Crippen molar-refractivity contribution in [1.82, 2.24) is 15.1 Å². The molecule has 1 amide bonds. The number of carbonyl (C=O) groups excluding carboxylic acids is 1. The second-order valence-electron chi connectivity index (χ2n) is 4.69. The van der Waals surface area contributed by atoms with Gasteiger partial charge in [0, 0.05) is 29.6 Å². The van der Waals surface area contributed by atoms with Crippen LogP contribution in [0.4, 0.5) is 0 Å². The Hall–Kier alpha value is -2.58. The van der Waals surface area contributed by atoms with Crippen LogP contribution in [0.1, 0.15) is 22.8 Å². The van der Waals surface area contributed by atoms with Gasteiger partial charge in [-0.3, -0.25) is 9.48 Å². The van der Waals surface area contributed by atoms with Gasteiger partial charge < -0.3 is 11.1 Å². The maximum absolute atomic E-state index is 12.2. The molecule has 0 fully saturated rings. The van der Waals surface area contributed by atoms with E-state index in [9.17, 15) is 4.79 Å². The molecule has 108 valence electrons. The highest BCUT2D eigenvalue weighted by Gasteiger charge is 2.10. The average Bonchev–Trinajstić information content (AvgIpc) is 2.98. The van der Waals surface area contributed by atoms with Crippen LogP contribution in [-0.2, 0) is 6.54 Å². The molecule has 21 heavy (non-hydrogen) atoms. The van der Waals surface area contributed by atoms with E-state index in [1.807, 2.05) is 31.3 Å². The topological polar surface area (TPSA) is 72.9 Å². The molecule has 1 heterocycles. The molecule has 5 nitrogen and oxygen atoms in total. The van der Waals surface area contributed by atoms with Crippen molar-refractivity contribution < 1.29 is 4.79 Å². The number of rotatable bonds is 4. The second-order valence-corrected chi connectivity index (χ2v) is 4.69. The molecular weight excluding hydrogens is 264 g/mol. The van der Waals surface area contributed by atoms with Crippen LogP contribution in [0, 0.1) is 11.8 Å². The number of nitrogens with two attached hydrogens (primary N) is 1. The van der Waals surface area contributed by atoms with Gasteiger partial charge in [0.1, 0.15) is 0 Å². The van der Waals surface area contributed by atoms with E-state index in [1.54, 1.807) is 23.0 Å². The van der Waals surface area contributed by atoms with E-state index < -0.39 is 0 Å². The van der Waals surface area contributed by atoms with Crippen molar-refractivity contribution in [3.8, 4) is 11.8 Å². The zero-order chi connectivity index (χ0) is 15.1. The van der Waals surface area contributed by atoms with Crippen LogP contribution in [0.3, 0.4) is 0 Å². The minimum atomic E-state index is -0.119. The molecule has 0 saturated carbocycles. The van der Waals surface area contributed by atoms with Gasteiger partial charge in [-0.15, -0.1) is 0 Å². The van der Waals surface area contributed by atoms with Gasteiger partial charge >= 0.3 is 0 Å². The van der Waals surface area contributed by atoms with E-state index in [-0.39, 0.29) is 11.9 Å². The first-order valence-corrected chi connectivity index (χ1v) is 6.76. The second kappa shape index (κ2) is 7.27. The van der Waals surface area contributed by atoms with E-state index in [2.05, 4.69) is 22.3 Å². The summed E-state index contributed by atoms with van der Waals surface area (Å²) in [4.78, 5) is 12.2. The minimum Gasteiger partial charge on any atom is -0.348 e. The van der Waals surface area contributed by atoms with Crippen molar-refractivity contribution in [1.29, 1.82) is 0 Å². The van der Waals surface area contributed by atoms with Crippen molar-refractivity contribution >= 4 is 5.91 Å². The summed E-state index contributed by atoms with van der Waals surface area (Å²) >= 11 is 0. The fourth-order valence-electron chi connectivity index (χ4n) is 1.93. The molecule has 0 aliphatic rings. The molecule has 2 aromatic rings. The van der Waals surface area contributed by atoms with Crippen molar-refractivity contribution in [2.75, 3.05) is 6.54 Å². The van der Waals surface area contributed by atoms with Gasteiger partial charge in [-0.2, -0.15) is 5.10 Å². The molecule has 0 spiro atoms. The Labute approximate surface area is 124 Å². The lowest BCUT2D eigenvalue weighted by Gasteiger charge is -2.14. The summed E-state index contributed by atoms with van der Waals surface area (Å²) in [5, 5.41) is 7.06. The van der Waals surface area contributed by atoms with Crippen molar-refractivity contribution in [3.63, 3.8) is 0 Å². The highest BCUT2D eigenvalue weighted by Crippen LogP contribution is 2.05. The summed E-state index contributed by atoms with van der Waals surface area (Å²) in [5.41, 5.74) is 6.72. The Morgan fingerprint density at radius 1 is 1.48 bits per heavy atom. The maximum atomic E-state index is 12.2. The molecule has 0 aliphatic carbocycles. The number of hydrogen-bond donors (Lipinski definition) is 2. The fraction of sp³-hybridized carbons (Fsp3) is 0.250. The summed E-state index contributed by atoms with van der Waals surface area (Å²) < 4.78 is 1.79. The average molecular weight is 282 g/mol. The van der Waals surface area contributed by atoms with E-state index in [1.165, 1.54) is 0 Å². The molecule has 1 aromatic heterocycles. The molecule has 1 unspecified atom stereocenters. The Bertz CT molecular complexity index is 652. The van der Waals surface area contributed by atoms with Crippen molar-refractivity contribution in [2.24, 2.45) is 5.73 Å². The number of amides is 1. The van der Waals surface area contributed by atoms with Crippen LogP contribution in [0.5, 0.6) is 0 Å². The Morgan fingerprint density at radius 2 is 2.33 bits per heavy atom. The molecule has 1 aromatic carbocycles. The highest BCUT2D eigenvalue weighted by molar-refractivity contribution is 5.94. The fourth-order valence-corrected chi connectivity index (χ4v) is 1.93. The summed E-state index contributed by atoms with van der Waals surface area (Å²) in [6, 6.07) is 9.03. The quantitative estimate of drug-likeness (QED) is 0.822. The van der Waals surface area contributed by atoms with Crippen LogP contribution < -0.4 is 11.1 Å². The van der Waals surface area contributed by atoms with E-state index in [0.717, 1.165) is 5.56 Å². The molecule has 3 N–H and O–H groups in total. The Balaban J connectivity index is 1.99.